The Kier molecular flexibility index (Phi) is 5.48. The van der Waals surface area contributed by atoms with E-state index in [0.717, 1.165) is 31.9 Å². The number of para-hydroxylation sites is 1. The van der Waals surface area contributed by atoms with Gasteiger partial charge in [-0.1, -0.05) is 29.8 Å². The van der Waals surface area contributed by atoms with Crippen molar-refractivity contribution in [3.8, 4) is 5.69 Å². The van der Waals surface area contributed by atoms with Gasteiger partial charge in [0.2, 0.25) is 0 Å². The minimum atomic E-state index is -0.504. The summed E-state index contributed by atoms with van der Waals surface area (Å²) in [7, 11) is 2.07. The van der Waals surface area contributed by atoms with E-state index >= 15 is 0 Å². The normalized spacial score (nSPS) is 15.1. The van der Waals surface area contributed by atoms with Crippen molar-refractivity contribution in [3.63, 3.8) is 0 Å². The summed E-state index contributed by atoms with van der Waals surface area (Å²) in [5.41, 5.74) is 2.58. The van der Waals surface area contributed by atoms with E-state index in [9.17, 15) is 9.18 Å². The standard InChI is InChI=1S/C22H23ClFN3O2/c1-3-29-22(28)21-20(26-11-9-25(2)10-12-26)16-13-18(24)17(23)14-19(16)27(21)15-7-5-4-6-8-15/h4-8,13-14H,3,9-12H2,1-2H3. The number of ether oxygens (including phenoxy) is 1. The van der Waals surface area contributed by atoms with Gasteiger partial charge >= 0.3 is 5.97 Å². The van der Waals surface area contributed by atoms with Gasteiger partial charge in [-0.2, -0.15) is 0 Å². The van der Waals surface area contributed by atoms with Crippen LogP contribution in [0.5, 0.6) is 0 Å². The fourth-order valence-corrected chi connectivity index (χ4v) is 4.01. The van der Waals surface area contributed by atoms with Crippen molar-refractivity contribution >= 4 is 34.2 Å². The average Bonchev–Trinajstić information content (AvgIpc) is 3.04. The van der Waals surface area contributed by atoms with E-state index in [0.29, 0.717) is 22.3 Å². The summed E-state index contributed by atoms with van der Waals surface area (Å²) in [6, 6.07) is 12.5. The van der Waals surface area contributed by atoms with E-state index < -0.39 is 11.8 Å². The monoisotopic (exact) mass is 415 g/mol. The van der Waals surface area contributed by atoms with Crippen molar-refractivity contribution in [1.82, 2.24) is 9.47 Å². The number of carbonyl (C=O) groups excluding carboxylic acids is 1. The number of esters is 1. The summed E-state index contributed by atoms with van der Waals surface area (Å²) in [6.07, 6.45) is 0. The van der Waals surface area contributed by atoms with Crippen molar-refractivity contribution < 1.29 is 13.9 Å². The molecular weight excluding hydrogens is 393 g/mol. The molecule has 0 aliphatic carbocycles. The van der Waals surface area contributed by atoms with Crippen molar-refractivity contribution in [2.45, 2.75) is 6.92 Å². The number of nitrogens with zero attached hydrogens (tertiary/aromatic N) is 3. The second-order valence-corrected chi connectivity index (χ2v) is 7.57. The number of likely N-dealkylation sites (N-methyl/N-ethyl adjacent to an activating group) is 1. The van der Waals surface area contributed by atoms with E-state index in [-0.39, 0.29) is 11.6 Å². The first kappa shape index (κ1) is 19.7. The molecule has 2 aromatic carbocycles. The zero-order valence-corrected chi connectivity index (χ0v) is 17.2. The van der Waals surface area contributed by atoms with Crippen molar-refractivity contribution in [2.75, 3.05) is 44.7 Å². The van der Waals surface area contributed by atoms with Crippen LogP contribution in [-0.4, -0.2) is 55.3 Å². The number of rotatable bonds is 4. The zero-order valence-electron chi connectivity index (χ0n) is 16.5. The number of anilines is 1. The van der Waals surface area contributed by atoms with E-state index in [2.05, 4.69) is 16.8 Å². The molecule has 7 heteroatoms. The number of piperazine rings is 1. The summed E-state index contributed by atoms with van der Waals surface area (Å²) in [5, 5.41) is 0.677. The van der Waals surface area contributed by atoms with Crippen LogP contribution in [0.2, 0.25) is 5.02 Å². The molecule has 0 saturated carbocycles. The van der Waals surface area contributed by atoms with Crippen molar-refractivity contribution in [1.29, 1.82) is 0 Å². The first-order chi connectivity index (χ1) is 14.0. The van der Waals surface area contributed by atoms with Crippen molar-refractivity contribution in [2.24, 2.45) is 0 Å². The summed E-state index contributed by atoms with van der Waals surface area (Å²) in [4.78, 5) is 17.5. The largest absolute Gasteiger partial charge is 0.461 e. The molecule has 0 bridgehead atoms. The van der Waals surface area contributed by atoms with Crippen LogP contribution in [0, 0.1) is 5.82 Å². The zero-order chi connectivity index (χ0) is 20.5. The minimum Gasteiger partial charge on any atom is -0.461 e. The van der Waals surface area contributed by atoms with Gasteiger partial charge in [0.05, 0.1) is 22.8 Å². The second kappa shape index (κ2) is 8.05. The third-order valence-corrected chi connectivity index (χ3v) is 5.57. The molecule has 29 heavy (non-hydrogen) atoms. The van der Waals surface area contributed by atoms with E-state index in [1.54, 1.807) is 13.0 Å². The number of hydrogen-bond donors (Lipinski definition) is 0. The smallest absolute Gasteiger partial charge is 0.357 e. The van der Waals surface area contributed by atoms with Crippen LogP contribution in [0.15, 0.2) is 42.5 Å². The highest BCUT2D eigenvalue weighted by molar-refractivity contribution is 6.31. The summed E-state index contributed by atoms with van der Waals surface area (Å²) < 4.78 is 21.7. The molecule has 3 aromatic rings. The van der Waals surface area contributed by atoms with Crippen LogP contribution in [0.1, 0.15) is 17.4 Å². The van der Waals surface area contributed by atoms with Crippen LogP contribution < -0.4 is 4.90 Å². The van der Waals surface area contributed by atoms with Gasteiger partial charge in [-0.3, -0.25) is 0 Å². The topological polar surface area (TPSA) is 37.7 Å². The highest BCUT2D eigenvalue weighted by atomic mass is 35.5. The first-order valence-electron chi connectivity index (χ1n) is 9.70. The van der Waals surface area contributed by atoms with E-state index in [1.165, 1.54) is 6.07 Å². The van der Waals surface area contributed by atoms with Gasteiger partial charge < -0.3 is 19.1 Å². The quantitative estimate of drug-likeness (QED) is 0.594. The predicted octanol–water partition coefficient (Wildman–Crippen LogP) is 4.35. The Bertz CT molecular complexity index is 1040. The molecule has 2 heterocycles. The Morgan fingerprint density at radius 3 is 2.48 bits per heavy atom. The third kappa shape index (κ3) is 3.58. The molecule has 1 saturated heterocycles. The van der Waals surface area contributed by atoms with Crippen molar-refractivity contribution in [3.05, 3.63) is 59.0 Å². The van der Waals surface area contributed by atoms with Gasteiger partial charge in [0.1, 0.15) is 5.82 Å². The molecule has 0 spiro atoms. The molecule has 152 valence electrons. The van der Waals surface area contributed by atoms with Gasteiger partial charge in [-0.25, -0.2) is 9.18 Å². The van der Waals surface area contributed by atoms with Gasteiger partial charge in [0, 0.05) is 37.3 Å². The number of benzene rings is 2. The second-order valence-electron chi connectivity index (χ2n) is 7.16. The third-order valence-electron chi connectivity index (χ3n) is 5.29. The highest BCUT2D eigenvalue weighted by Crippen LogP contribution is 2.39. The minimum absolute atomic E-state index is 0.0208. The number of hydrogen-bond acceptors (Lipinski definition) is 4. The lowest BCUT2D eigenvalue weighted by molar-refractivity contribution is 0.0518. The molecule has 5 nitrogen and oxygen atoms in total. The van der Waals surface area contributed by atoms with Crippen LogP contribution in [0.25, 0.3) is 16.6 Å². The lowest BCUT2D eigenvalue weighted by Gasteiger charge is -2.34. The predicted molar refractivity (Wildman–Crippen MR) is 114 cm³/mol. The Morgan fingerprint density at radius 1 is 1.14 bits per heavy atom. The molecule has 0 amide bonds. The summed E-state index contributed by atoms with van der Waals surface area (Å²) in [5.74, 6) is -0.937. The van der Waals surface area contributed by atoms with Crippen LogP contribution in [0.3, 0.4) is 0 Å². The maximum Gasteiger partial charge on any atom is 0.357 e. The molecule has 1 aliphatic heterocycles. The number of aromatic nitrogens is 1. The molecule has 0 unspecified atom stereocenters. The van der Waals surface area contributed by atoms with Crippen LogP contribution in [-0.2, 0) is 4.74 Å². The van der Waals surface area contributed by atoms with E-state index in [4.69, 9.17) is 16.3 Å². The molecule has 4 rings (SSSR count). The molecule has 1 aromatic heterocycles. The van der Waals surface area contributed by atoms with Crippen LogP contribution >= 0.6 is 11.6 Å². The van der Waals surface area contributed by atoms with Gasteiger partial charge in [0.25, 0.3) is 0 Å². The van der Waals surface area contributed by atoms with Crippen LogP contribution in [0.4, 0.5) is 10.1 Å². The first-order valence-corrected chi connectivity index (χ1v) is 10.1. The maximum absolute atomic E-state index is 14.5. The van der Waals surface area contributed by atoms with Gasteiger partial charge in [-0.05, 0) is 38.2 Å². The molecule has 0 N–H and O–H groups in total. The Hall–Kier alpha value is -2.57. The summed E-state index contributed by atoms with van der Waals surface area (Å²) >= 11 is 6.13. The number of carbonyl (C=O) groups is 1. The molecule has 0 radical (unpaired) electrons. The Morgan fingerprint density at radius 2 is 1.83 bits per heavy atom. The number of halogens is 2. The number of fused-ring (bicyclic) bond motifs is 1. The van der Waals surface area contributed by atoms with Gasteiger partial charge in [-0.15, -0.1) is 0 Å². The van der Waals surface area contributed by atoms with E-state index in [1.807, 2.05) is 34.9 Å². The lowest BCUT2D eigenvalue weighted by atomic mass is 10.1. The molecule has 1 fully saturated rings. The maximum atomic E-state index is 14.5. The SMILES string of the molecule is CCOC(=O)c1c(N2CCN(C)CC2)c2cc(F)c(Cl)cc2n1-c1ccccc1. The average molecular weight is 416 g/mol. The molecular formula is C22H23ClFN3O2. The highest BCUT2D eigenvalue weighted by Gasteiger charge is 2.30. The summed E-state index contributed by atoms with van der Waals surface area (Å²) in [6.45, 7) is 5.22. The lowest BCUT2D eigenvalue weighted by Crippen LogP contribution is -2.45. The Balaban J connectivity index is 2.04. The Labute approximate surface area is 174 Å². The molecule has 0 atom stereocenters. The fraction of sp³-hybridized carbons (Fsp3) is 0.318. The molecule has 1 aliphatic rings. The fourth-order valence-electron chi connectivity index (χ4n) is 3.85. The van der Waals surface area contributed by atoms with Gasteiger partial charge in [0.15, 0.2) is 5.69 Å².